The summed E-state index contributed by atoms with van der Waals surface area (Å²) in [6.45, 7) is 0. The number of aromatic hydroxyl groups is 1. The fourth-order valence-electron chi connectivity index (χ4n) is 0.743. The highest BCUT2D eigenvalue weighted by Crippen LogP contribution is 2.24. The van der Waals surface area contributed by atoms with Crippen LogP contribution in [0.3, 0.4) is 0 Å². The van der Waals surface area contributed by atoms with Crippen LogP contribution in [0, 0.1) is 11.2 Å². The maximum absolute atomic E-state index is 12.7. The normalized spacial score (nSPS) is 9.83. The lowest BCUT2D eigenvalue weighted by Gasteiger charge is -2.03. The van der Waals surface area contributed by atoms with E-state index in [1.165, 1.54) is 0 Å². The summed E-state index contributed by atoms with van der Waals surface area (Å²) in [5.41, 5.74) is 5.37. The molecule has 1 aromatic rings. The van der Waals surface area contributed by atoms with Gasteiger partial charge in [0.25, 0.3) is 0 Å². The van der Waals surface area contributed by atoms with E-state index in [-0.39, 0.29) is 11.4 Å². The molecule has 0 heterocycles. The number of amidine groups is 1. The molecule has 1 rings (SSSR count). The molecule has 0 aromatic heterocycles. The second kappa shape index (κ2) is 3.10. The summed E-state index contributed by atoms with van der Waals surface area (Å²) in [5, 5.41) is 15.9. The van der Waals surface area contributed by atoms with Crippen LogP contribution in [0.5, 0.6) is 5.75 Å². The van der Waals surface area contributed by atoms with E-state index in [1.807, 2.05) is 0 Å². The molecule has 1 aromatic carbocycles. The van der Waals surface area contributed by atoms with Crippen LogP contribution in [-0.2, 0) is 0 Å². The Hall–Kier alpha value is -1.10. The summed E-state index contributed by atoms with van der Waals surface area (Å²) in [7, 11) is 0. The molecule has 0 aliphatic rings. The Balaban J connectivity index is 3.33. The first-order chi connectivity index (χ1) is 5.52. The number of halogens is 2. The van der Waals surface area contributed by atoms with E-state index in [1.54, 1.807) is 0 Å². The fourth-order valence-corrected chi connectivity index (χ4v) is 1.29. The Morgan fingerprint density at radius 3 is 2.67 bits per heavy atom. The third-order valence-electron chi connectivity index (χ3n) is 1.33. The van der Waals surface area contributed by atoms with E-state index < -0.39 is 11.6 Å². The standard InChI is InChI=1S/C7H6BrFN2O/c8-4-2-6(12)5(9)1-3(4)7(10)11/h1-2,12H,(H3,10,11). The molecule has 0 saturated carbocycles. The first-order valence-electron chi connectivity index (χ1n) is 3.04. The number of phenolic OH excluding ortho intramolecular Hbond substituents is 1. The number of nitrogens with one attached hydrogen (secondary N) is 1. The lowest BCUT2D eigenvalue weighted by atomic mass is 10.2. The highest BCUT2D eigenvalue weighted by molar-refractivity contribution is 9.10. The lowest BCUT2D eigenvalue weighted by molar-refractivity contribution is 0.432. The van der Waals surface area contributed by atoms with Gasteiger partial charge in [0.05, 0.1) is 0 Å². The average Bonchev–Trinajstić information content (AvgIpc) is 1.96. The topological polar surface area (TPSA) is 70.1 Å². The SMILES string of the molecule is N=C(N)c1cc(F)c(O)cc1Br. The molecule has 4 N–H and O–H groups in total. The van der Waals surface area contributed by atoms with Crippen molar-refractivity contribution in [1.29, 1.82) is 5.41 Å². The molecule has 0 radical (unpaired) electrons. The number of benzene rings is 1. The average molecular weight is 233 g/mol. The molecule has 5 heteroatoms. The zero-order valence-electron chi connectivity index (χ0n) is 5.94. The maximum atomic E-state index is 12.7. The van der Waals surface area contributed by atoms with Crippen molar-refractivity contribution in [3.63, 3.8) is 0 Å². The van der Waals surface area contributed by atoms with Crippen molar-refractivity contribution in [3.8, 4) is 5.75 Å². The maximum Gasteiger partial charge on any atom is 0.165 e. The first kappa shape index (κ1) is 8.99. The van der Waals surface area contributed by atoms with Crippen LogP contribution in [0.4, 0.5) is 4.39 Å². The third kappa shape index (κ3) is 1.55. The predicted octanol–water partition coefficient (Wildman–Crippen LogP) is 1.58. The molecule has 0 bridgehead atoms. The highest BCUT2D eigenvalue weighted by Gasteiger charge is 2.08. The van der Waals surface area contributed by atoms with Gasteiger partial charge in [-0.05, 0) is 28.1 Å². The monoisotopic (exact) mass is 232 g/mol. The largest absolute Gasteiger partial charge is 0.505 e. The molecule has 0 aliphatic carbocycles. The molecule has 0 amide bonds. The van der Waals surface area contributed by atoms with Crippen molar-refractivity contribution in [2.24, 2.45) is 5.73 Å². The number of rotatable bonds is 1. The molecular formula is C7H6BrFN2O. The Kier molecular flexibility index (Phi) is 2.32. The molecule has 0 fully saturated rings. The second-order valence-corrected chi connectivity index (χ2v) is 3.05. The van der Waals surface area contributed by atoms with E-state index in [9.17, 15) is 4.39 Å². The van der Waals surface area contributed by atoms with Gasteiger partial charge >= 0.3 is 0 Å². The summed E-state index contributed by atoms with van der Waals surface area (Å²) >= 11 is 3.03. The van der Waals surface area contributed by atoms with E-state index in [2.05, 4.69) is 15.9 Å². The van der Waals surface area contributed by atoms with Gasteiger partial charge in [-0.1, -0.05) is 0 Å². The van der Waals surface area contributed by atoms with Crippen LogP contribution in [0.2, 0.25) is 0 Å². The quantitative estimate of drug-likeness (QED) is 0.509. The Morgan fingerprint density at radius 2 is 2.17 bits per heavy atom. The van der Waals surface area contributed by atoms with Gasteiger partial charge in [0, 0.05) is 10.0 Å². The Labute approximate surface area is 76.6 Å². The first-order valence-corrected chi connectivity index (χ1v) is 3.84. The number of nitrogens with two attached hydrogens (primary N) is 1. The van der Waals surface area contributed by atoms with Crippen LogP contribution in [0.25, 0.3) is 0 Å². The van der Waals surface area contributed by atoms with Crippen LogP contribution < -0.4 is 5.73 Å². The fraction of sp³-hybridized carbons (Fsp3) is 0. The highest BCUT2D eigenvalue weighted by atomic mass is 79.9. The van der Waals surface area contributed by atoms with Gasteiger partial charge in [-0.3, -0.25) is 5.41 Å². The van der Waals surface area contributed by atoms with Gasteiger partial charge in [0.2, 0.25) is 0 Å². The minimum absolute atomic E-state index is 0.227. The molecule has 0 spiro atoms. The van der Waals surface area contributed by atoms with Crippen molar-refractivity contribution < 1.29 is 9.50 Å². The molecule has 12 heavy (non-hydrogen) atoms. The van der Waals surface area contributed by atoms with Gasteiger partial charge in [-0.2, -0.15) is 0 Å². The molecular weight excluding hydrogens is 227 g/mol. The van der Waals surface area contributed by atoms with Crippen molar-refractivity contribution in [2.75, 3.05) is 0 Å². The summed E-state index contributed by atoms with van der Waals surface area (Å²) in [5.74, 6) is -1.50. The molecule has 0 atom stereocenters. The zero-order chi connectivity index (χ0) is 9.30. The van der Waals surface area contributed by atoms with Crippen LogP contribution in [0.1, 0.15) is 5.56 Å². The minimum Gasteiger partial charge on any atom is -0.505 e. The van der Waals surface area contributed by atoms with Crippen LogP contribution in [0.15, 0.2) is 16.6 Å². The number of nitrogen functional groups attached to an aromatic ring is 1. The van der Waals surface area contributed by atoms with Crippen molar-refractivity contribution in [3.05, 3.63) is 28.0 Å². The zero-order valence-corrected chi connectivity index (χ0v) is 7.52. The minimum atomic E-state index is -0.789. The number of phenols is 1. The summed E-state index contributed by atoms with van der Waals surface area (Å²) in [6, 6.07) is 2.16. The number of hydrogen-bond acceptors (Lipinski definition) is 2. The van der Waals surface area contributed by atoms with Crippen LogP contribution in [-0.4, -0.2) is 10.9 Å². The van der Waals surface area contributed by atoms with Gasteiger partial charge in [-0.25, -0.2) is 4.39 Å². The van der Waals surface area contributed by atoms with Gasteiger partial charge < -0.3 is 10.8 Å². The molecule has 64 valence electrons. The van der Waals surface area contributed by atoms with Crippen molar-refractivity contribution in [2.45, 2.75) is 0 Å². The summed E-state index contributed by atoms with van der Waals surface area (Å²) in [6.07, 6.45) is 0. The molecule has 0 aliphatic heterocycles. The van der Waals surface area contributed by atoms with Gasteiger partial charge in [-0.15, -0.1) is 0 Å². The van der Waals surface area contributed by atoms with Crippen molar-refractivity contribution in [1.82, 2.24) is 0 Å². The lowest BCUT2D eigenvalue weighted by Crippen LogP contribution is -2.12. The van der Waals surface area contributed by atoms with E-state index >= 15 is 0 Å². The predicted molar refractivity (Wildman–Crippen MR) is 46.8 cm³/mol. The number of hydrogen-bond donors (Lipinski definition) is 3. The third-order valence-corrected chi connectivity index (χ3v) is 1.98. The summed E-state index contributed by atoms with van der Waals surface area (Å²) < 4.78 is 13.1. The second-order valence-electron chi connectivity index (χ2n) is 2.20. The van der Waals surface area contributed by atoms with Crippen LogP contribution >= 0.6 is 15.9 Å². The van der Waals surface area contributed by atoms with E-state index in [0.717, 1.165) is 12.1 Å². The van der Waals surface area contributed by atoms with E-state index in [0.29, 0.717) is 4.47 Å². The van der Waals surface area contributed by atoms with E-state index in [4.69, 9.17) is 16.2 Å². The van der Waals surface area contributed by atoms with Gasteiger partial charge in [0.1, 0.15) is 5.84 Å². The summed E-state index contributed by atoms with van der Waals surface area (Å²) in [4.78, 5) is 0. The Bertz CT molecular complexity index is 340. The van der Waals surface area contributed by atoms with Crippen molar-refractivity contribution >= 4 is 21.8 Å². The molecule has 3 nitrogen and oxygen atoms in total. The Morgan fingerprint density at radius 1 is 1.58 bits per heavy atom. The smallest absolute Gasteiger partial charge is 0.165 e. The molecule has 0 unspecified atom stereocenters. The molecule has 0 saturated heterocycles. The van der Waals surface area contributed by atoms with Gasteiger partial charge in [0.15, 0.2) is 11.6 Å².